The van der Waals surface area contributed by atoms with Crippen molar-refractivity contribution in [1.29, 1.82) is 0 Å². The number of hydrogen-bond donors (Lipinski definition) is 1. The van der Waals surface area contributed by atoms with E-state index in [1.165, 1.54) is 13.0 Å². The highest BCUT2D eigenvalue weighted by Crippen LogP contribution is 2.20. The summed E-state index contributed by atoms with van der Waals surface area (Å²) < 4.78 is 1.62. The third kappa shape index (κ3) is 4.06. The molecule has 1 atom stereocenters. The van der Waals surface area contributed by atoms with Gasteiger partial charge in [-0.2, -0.15) is 0 Å². The molecule has 0 spiro atoms. The minimum atomic E-state index is -0.0963. The molecule has 94 valence electrons. The number of pyridine rings is 1. The van der Waals surface area contributed by atoms with Gasteiger partial charge in [0, 0.05) is 25.7 Å². The molecule has 4 nitrogen and oxygen atoms in total. The SMILES string of the molecule is CC(=O)NC(Cn1ccccc1=O)C(C)(C)C. The highest BCUT2D eigenvalue weighted by atomic mass is 16.1. The predicted molar refractivity (Wildman–Crippen MR) is 67.8 cm³/mol. The van der Waals surface area contributed by atoms with Crippen molar-refractivity contribution in [2.24, 2.45) is 5.41 Å². The Morgan fingerprint density at radius 3 is 2.53 bits per heavy atom. The van der Waals surface area contributed by atoms with Crippen LogP contribution < -0.4 is 10.9 Å². The van der Waals surface area contributed by atoms with E-state index in [2.05, 4.69) is 5.32 Å². The molecule has 1 N–H and O–H groups in total. The number of nitrogens with one attached hydrogen (secondary N) is 1. The maximum Gasteiger partial charge on any atom is 0.250 e. The Labute approximate surface area is 102 Å². The van der Waals surface area contributed by atoms with Crippen LogP contribution in [0, 0.1) is 5.41 Å². The lowest BCUT2D eigenvalue weighted by Crippen LogP contribution is -2.46. The molecule has 1 unspecified atom stereocenters. The van der Waals surface area contributed by atoms with E-state index in [0.717, 1.165) is 0 Å². The molecule has 0 saturated heterocycles. The Morgan fingerprint density at radius 1 is 1.41 bits per heavy atom. The van der Waals surface area contributed by atoms with E-state index in [1.807, 2.05) is 26.8 Å². The molecule has 0 fully saturated rings. The molecule has 1 heterocycles. The summed E-state index contributed by atoms with van der Waals surface area (Å²) in [6.45, 7) is 8.11. The fraction of sp³-hybridized carbons (Fsp3) is 0.538. The van der Waals surface area contributed by atoms with Gasteiger partial charge in [0.05, 0.1) is 6.04 Å². The summed E-state index contributed by atoms with van der Waals surface area (Å²) in [5.41, 5.74) is -0.145. The van der Waals surface area contributed by atoms with Gasteiger partial charge >= 0.3 is 0 Å². The fourth-order valence-corrected chi connectivity index (χ4v) is 1.59. The maximum absolute atomic E-state index is 11.6. The Balaban J connectivity index is 2.91. The second kappa shape index (κ2) is 5.17. The molecule has 0 aliphatic carbocycles. The van der Waals surface area contributed by atoms with Crippen LogP contribution in [0.25, 0.3) is 0 Å². The number of carbonyl (C=O) groups excluding carboxylic acids is 1. The van der Waals surface area contributed by atoms with Crippen LogP contribution in [0.5, 0.6) is 0 Å². The van der Waals surface area contributed by atoms with E-state index in [1.54, 1.807) is 16.8 Å². The van der Waals surface area contributed by atoms with Crippen LogP contribution in [0.2, 0.25) is 0 Å². The van der Waals surface area contributed by atoms with Gasteiger partial charge in [-0.1, -0.05) is 26.8 Å². The third-order valence-corrected chi connectivity index (χ3v) is 2.70. The van der Waals surface area contributed by atoms with E-state index in [4.69, 9.17) is 0 Å². The molecule has 0 aromatic carbocycles. The van der Waals surface area contributed by atoms with Crippen LogP contribution in [-0.4, -0.2) is 16.5 Å². The maximum atomic E-state index is 11.6. The van der Waals surface area contributed by atoms with Gasteiger partial charge in [-0.05, 0) is 11.5 Å². The summed E-state index contributed by atoms with van der Waals surface area (Å²) in [4.78, 5) is 22.8. The minimum Gasteiger partial charge on any atom is -0.351 e. The van der Waals surface area contributed by atoms with Crippen molar-refractivity contribution in [3.8, 4) is 0 Å². The molecule has 17 heavy (non-hydrogen) atoms. The van der Waals surface area contributed by atoms with E-state index in [9.17, 15) is 9.59 Å². The second-order valence-corrected chi connectivity index (χ2v) is 5.31. The highest BCUT2D eigenvalue weighted by molar-refractivity contribution is 5.73. The topological polar surface area (TPSA) is 51.1 Å². The van der Waals surface area contributed by atoms with E-state index >= 15 is 0 Å². The van der Waals surface area contributed by atoms with Crippen LogP contribution >= 0.6 is 0 Å². The first kappa shape index (κ1) is 13.5. The molecule has 1 amide bonds. The monoisotopic (exact) mass is 236 g/mol. The van der Waals surface area contributed by atoms with Crippen molar-refractivity contribution in [2.75, 3.05) is 0 Å². The quantitative estimate of drug-likeness (QED) is 0.862. The summed E-state index contributed by atoms with van der Waals surface area (Å²) in [5.74, 6) is -0.0751. The van der Waals surface area contributed by atoms with Crippen molar-refractivity contribution >= 4 is 5.91 Å². The molecule has 0 saturated carbocycles. The Bertz CT molecular complexity index is 443. The molecule has 0 radical (unpaired) electrons. The zero-order chi connectivity index (χ0) is 13.1. The van der Waals surface area contributed by atoms with Crippen molar-refractivity contribution in [2.45, 2.75) is 40.3 Å². The number of hydrogen-bond acceptors (Lipinski definition) is 2. The summed E-state index contributed by atoms with van der Waals surface area (Å²) in [6, 6.07) is 4.98. The number of amides is 1. The van der Waals surface area contributed by atoms with Crippen molar-refractivity contribution < 1.29 is 4.79 Å². The average Bonchev–Trinajstić information content (AvgIpc) is 2.18. The zero-order valence-electron chi connectivity index (χ0n) is 10.9. The second-order valence-electron chi connectivity index (χ2n) is 5.31. The summed E-state index contributed by atoms with van der Waals surface area (Å²) in [5, 5.41) is 2.90. The molecule has 0 bridgehead atoms. The van der Waals surface area contributed by atoms with Gasteiger partial charge in [-0.25, -0.2) is 0 Å². The van der Waals surface area contributed by atoms with Gasteiger partial charge in [-0.3, -0.25) is 9.59 Å². The van der Waals surface area contributed by atoms with E-state index < -0.39 is 0 Å². The molecule has 1 aromatic heterocycles. The highest BCUT2D eigenvalue weighted by Gasteiger charge is 2.25. The van der Waals surface area contributed by atoms with Gasteiger partial charge in [-0.15, -0.1) is 0 Å². The number of nitrogens with zero attached hydrogens (tertiary/aromatic N) is 1. The van der Waals surface area contributed by atoms with Gasteiger partial charge < -0.3 is 9.88 Å². The molecule has 0 aliphatic rings. The van der Waals surface area contributed by atoms with Gasteiger partial charge in [0.1, 0.15) is 0 Å². The first-order valence-electron chi connectivity index (χ1n) is 5.73. The lowest BCUT2D eigenvalue weighted by molar-refractivity contribution is -0.120. The summed E-state index contributed by atoms with van der Waals surface area (Å²) in [7, 11) is 0. The van der Waals surface area contributed by atoms with Crippen LogP contribution in [0.1, 0.15) is 27.7 Å². The first-order chi connectivity index (χ1) is 7.80. The smallest absolute Gasteiger partial charge is 0.250 e. The van der Waals surface area contributed by atoms with Crippen LogP contribution in [-0.2, 0) is 11.3 Å². The van der Waals surface area contributed by atoms with Gasteiger partial charge in [0.2, 0.25) is 5.91 Å². The summed E-state index contributed by atoms with van der Waals surface area (Å²) in [6.07, 6.45) is 1.74. The molecule has 0 aliphatic heterocycles. The number of aromatic nitrogens is 1. The first-order valence-corrected chi connectivity index (χ1v) is 5.73. The molecular formula is C13H20N2O2. The number of carbonyl (C=O) groups is 1. The Morgan fingerprint density at radius 2 is 2.06 bits per heavy atom. The Kier molecular flexibility index (Phi) is 4.10. The Hall–Kier alpha value is -1.58. The third-order valence-electron chi connectivity index (χ3n) is 2.70. The van der Waals surface area contributed by atoms with Gasteiger partial charge in [0.15, 0.2) is 0 Å². The molecule has 1 aromatic rings. The normalized spacial score (nSPS) is 13.2. The predicted octanol–water partition coefficient (Wildman–Crippen LogP) is 1.40. The minimum absolute atomic E-state index is 0.0490. The largest absolute Gasteiger partial charge is 0.351 e. The lowest BCUT2D eigenvalue weighted by Gasteiger charge is -2.31. The average molecular weight is 236 g/mol. The van der Waals surface area contributed by atoms with Crippen LogP contribution in [0.4, 0.5) is 0 Å². The van der Waals surface area contributed by atoms with Crippen LogP contribution in [0.3, 0.4) is 0 Å². The lowest BCUT2D eigenvalue weighted by atomic mass is 9.86. The van der Waals surface area contributed by atoms with Crippen molar-refractivity contribution in [3.05, 3.63) is 34.7 Å². The van der Waals surface area contributed by atoms with Crippen molar-refractivity contribution in [1.82, 2.24) is 9.88 Å². The van der Waals surface area contributed by atoms with Crippen LogP contribution in [0.15, 0.2) is 29.2 Å². The zero-order valence-corrected chi connectivity index (χ0v) is 10.9. The van der Waals surface area contributed by atoms with E-state index in [-0.39, 0.29) is 22.9 Å². The van der Waals surface area contributed by atoms with Gasteiger partial charge in [0.25, 0.3) is 5.56 Å². The summed E-state index contributed by atoms with van der Waals surface area (Å²) >= 11 is 0. The standard InChI is InChI=1S/C13H20N2O2/c1-10(16)14-11(13(2,3)4)9-15-8-6-5-7-12(15)17/h5-8,11H,9H2,1-4H3,(H,14,16). The molecule has 1 rings (SSSR count). The van der Waals surface area contributed by atoms with Crippen molar-refractivity contribution in [3.63, 3.8) is 0 Å². The number of rotatable bonds is 3. The molecule has 4 heteroatoms. The molecular weight excluding hydrogens is 216 g/mol. The van der Waals surface area contributed by atoms with E-state index in [0.29, 0.717) is 6.54 Å². The fourth-order valence-electron chi connectivity index (χ4n) is 1.59.